The average Bonchev–Trinajstić information content (AvgIpc) is 2.92. The zero-order valence-electron chi connectivity index (χ0n) is 17.3. The third-order valence-electron chi connectivity index (χ3n) is 5.23. The maximum absolute atomic E-state index is 12.9. The molecule has 1 saturated heterocycles. The van der Waals surface area contributed by atoms with E-state index in [0.717, 1.165) is 17.8 Å². The van der Waals surface area contributed by atoms with Crippen LogP contribution in [-0.4, -0.2) is 42.0 Å². The van der Waals surface area contributed by atoms with Gasteiger partial charge in [-0.1, -0.05) is 44.5 Å². The molecule has 0 atom stereocenters. The van der Waals surface area contributed by atoms with Crippen molar-refractivity contribution in [3.63, 3.8) is 0 Å². The molecule has 4 nitrogen and oxygen atoms in total. The molecule has 8 heteroatoms. The smallest absolute Gasteiger partial charge is 0.354 e. The highest BCUT2D eigenvalue weighted by molar-refractivity contribution is 6.33. The van der Waals surface area contributed by atoms with Gasteiger partial charge in [0.05, 0.1) is 10.6 Å². The van der Waals surface area contributed by atoms with Crippen LogP contribution in [0.1, 0.15) is 48.7 Å². The number of rotatable bonds is 2. The van der Waals surface area contributed by atoms with E-state index in [1.54, 1.807) is 4.90 Å². The van der Waals surface area contributed by atoms with Gasteiger partial charge in [0.15, 0.2) is 0 Å². The van der Waals surface area contributed by atoms with E-state index in [1.807, 2.05) is 29.2 Å². The van der Waals surface area contributed by atoms with E-state index in [2.05, 4.69) is 25.8 Å². The molecule has 0 N–H and O–H groups in total. The summed E-state index contributed by atoms with van der Waals surface area (Å²) in [5.74, 6) is 0.261. The first-order chi connectivity index (χ1) is 14.0. The number of carbonyl (C=O) groups excluding carboxylic acids is 1. The summed E-state index contributed by atoms with van der Waals surface area (Å²) in [6.07, 6.45) is -3.02. The molecule has 1 amide bonds. The first-order valence-corrected chi connectivity index (χ1v) is 10.2. The van der Waals surface area contributed by atoms with Crippen molar-refractivity contribution < 1.29 is 18.0 Å². The lowest BCUT2D eigenvalue weighted by atomic mass is 9.86. The Bertz CT molecular complexity index is 907. The zero-order chi connectivity index (χ0) is 22.1. The number of aromatic nitrogens is 1. The molecule has 1 aromatic carbocycles. The molecule has 0 spiro atoms. The largest absolute Gasteiger partial charge is 0.417 e. The Labute approximate surface area is 179 Å². The molecule has 1 aliphatic heterocycles. The van der Waals surface area contributed by atoms with Crippen molar-refractivity contribution in [2.24, 2.45) is 0 Å². The number of benzene rings is 1. The van der Waals surface area contributed by atoms with E-state index in [9.17, 15) is 18.0 Å². The van der Waals surface area contributed by atoms with Crippen LogP contribution in [0.4, 0.5) is 19.0 Å². The Kier molecular flexibility index (Phi) is 6.32. The SMILES string of the molecule is CC(C)(C)c1ccc(C(=O)N2CCCN(c3ncc(C(F)(F)F)cc3Cl)CC2)cc1. The number of pyridine rings is 1. The molecule has 0 saturated carbocycles. The number of hydrogen-bond acceptors (Lipinski definition) is 3. The van der Waals surface area contributed by atoms with Gasteiger partial charge in [-0.05, 0) is 35.6 Å². The van der Waals surface area contributed by atoms with E-state index in [4.69, 9.17) is 11.6 Å². The predicted octanol–water partition coefficient (Wildman–Crippen LogP) is 5.40. The Morgan fingerprint density at radius 3 is 2.23 bits per heavy atom. The van der Waals surface area contributed by atoms with Crippen molar-refractivity contribution in [1.29, 1.82) is 0 Å². The minimum Gasteiger partial charge on any atom is -0.354 e. The van der Waals surface area contributed by atoms with Gasteiger partial charge in [-0.25, -0.2) is 4.98 Å². The van der Waals surface area contributed by atoms with Crippen LogP contribution in [0.2, 0.25) is 5.02 Å². The molecule has 0 bridgehead atoms. The summed E-state index contributed by atoms with van der Waals surface area (Å²) >= 11 is 6.08. The minimum atomic E-state index is -4.49. The van der Waals surface area contributed by atoms with Crippen LogP contribution in [0.5, 0.6) is 0 Å². The molecule has 162 valence electrons. The summed E-state index contributed by atoms with van der Waals surface area (Å²) in [6.45, 7) is 8.37. The third-order valence-corrected chi connectivity index (χ3v) is 5.51. The predicted molar refractivity (Wildman–Crippen MR) is 112 cm³/mol. The summed E-state index contributed by atoms with van der Waals surface area (Å²) in [4.78, 5) is 20.5. The number of amides is 1. The van der Waals surface area contributed by atoms with Crippen LogP contribution in [0.15, 0.2) is 36.5 Å². The van der Waals surface area contributed by atoms with Crippen LogP contribution in [0.3, 0.4) is 0 Å². The van der Waals surface area contributed by atoms with Crippen molar-refractivity contribution in [3.05, 3.63) is 58.2 Å². The van der Waals surface area contributed by atoms with Crippen molar-refractivity contribution in [2.75, 3.05) is 31.1 Å². The lowest BCUT2D eigenvalue weighted by Crippen LogP contribution is -2.35. The second-order valence-electron chi connectivity index (χ2n) is 8.49. The molecule has 0 aliphatic carbocycles. The van der Waals surface area contributed by atoms with Crippen molar-refractivity contribution in [3.8, 4) is 0 Å². The van der Waals surface area contributed by atoms with Gasteiger partial charge in [0.1, 0.15) is 5.82 Å². The number of hydrogen-bond donors (Lipinski definition) is 0. The standard InChI is InChI=1S/C22H25ClF3N3O/c1-21(2,3)16-7-5-15(6-8-16)20(30)29-10-4-9-28(11-12-29)19-18(23)13-17(14-27-19)22(24,25)26/h5-8,13-14H,4,9-12H2,1-3H3. The van der Waals surface area contributed by atoms with Crippen LogP contribution in [-0.2, 0) is 11.6 Å². The molecular weight excluding hydrogens is 415 g/mol. The normalized spacial score (nSPS) is 15.8. The Morgan fingerprint density at radius 2 is 1.67 bits per heavy atom. The number of carbonyl (C=O) groups is 1. The Morgan fingerprint density at radius 1 is 1.00 bits per heavy atom. The highest BCUT2D eigenvalue weighted by Gasteiger charge is 2.32. The maximum atomic E-state index is 12.9. The van der Waals surface area contributed by atoms with E-state index in [1.165, 1.54) is 0 Å². The summed E-state index contributed by atoms with van der Waals surface area (Å²) in [7, 11) is 0. The second kappa shape index (κ2) is 8.46. The Balaban J connectivity index is 1.70. The molecule has 2 aromatic rings. The molecule has 1 aromatic heterocycles. The van der Waals surface area contributed by atoms with Crippen molar-refractivity contribution in [1.82, 2.24) is 9.88 Å². The maximum Gasteiger partial charge on any atom is 0.417 e. The fraction of sp³-hybridized carbons (Fsp3) is 0.455. The van der Waals surface area contributed by atoms with Crippen LogP contribution in [0, 0.1) is 0 Å². The van der Waals surface area contributed by atoms with E-state index in [-0.39, 0.29) is 16.3 Å². The molecule has 1 fully saturated rings. The average molecular weight is 440 g/mol. The molecule has 1 aliphatic rings. The summed E-state index contributed by atoms with van der Waals surface area (Å²) in [5, 5.41) is -0.0395. The fourth-order valence-electron chi connectivity index (χ4n) is 3.45. The molecule has 0 radical (unpaired) electrons. The van der Waals surface area contributed by atoms with Gasteiger partial charge in [0.25, 0.3) is 5.91 Å². The summed E-state index contributed by atoms with van der Waals surface area (Å²) < 4.78 is 38.5. The van der Waals surface area contributed by atoms with Gasteiger partial charge in [0, 0.05) is 37.9 Å². The van der Waals surface area contributed by atoms with Gasteiger partial charge in [-0.15, -0.1) is 0 Å². The number of anilines is 1. The number of alkyl halides is 3. The number of halogens is 4. The lowest BCUT2D eigenvalue weighted by Gasteiger charge is -2.24. The number of nitrogens with zero attached hydrogens (tertiary/aromatic N) is 3. The van der Waals surface area contributed by atoms with Crippen molar-refractivity contribution >= 4 is 23.3 Å². The van der Waals surface area contributed by atoms with Crippen molar-refractivity contribution in [2.45, 2.75) is 38.8 Å². The molecule has 3 rings (SSSR count). The first kappa shape index (κ1) is 22.4. The topological polar surface area (TPSA) is 36.4 Å². The molecule has 2 heterocycles. The van der Waals surface area contributed by atoms with Gasteiger partial charge >= 0.3 is 6.18 Å². The third kappa shape index (κ3) is 5.06. The molecule has 30 heavy (non-hydrogen) atoms. The summed E-state index contributed by atoms with van der Waals surface area (Å²) in [5.41, 5.74) is 0.923. The van der Waals surface area contributed by atoms with Gasteiger partial charge in [-0.2, -0.15) is 13.2 Å². The van der Waals surface area contributed by atoms with Crippen LogP contribution >= 0.6 is 11.6 Å². The van der Waals surface area contributed by atoms with Gasteiger partial charge < -0.3 is 9.80 Å². The highest BCUT2D eigenvalue weighted by Crippen LogP contribution is 2.33. The summed E-state index contributed by atoms with van der Waals surface area (Å²) in [6, 6.07) is 8.54. The first-order valence-electron chi connectivity index (χ1n) is 9.84. The fourth-order valence-corrected chi connectivity index (χ4v) is 3.73. The van der Waals surface area contributed by atoms with E-state index in [0.29, 0.717) is 44.0 Å². The Hall–Kier alpha value is -2.28. The quantitative estimate of drug-likeness (QED) is 0.628. The molecular formula is C22H25ClF3N3O. The monoisotopic (exact) mass is 439 g/mol. The van der Waals surface area contributed by atoms with Gasteiger partial charge in [-0.3, -0.25) is 4.79 Å². The van der Waals surface area contributed by atoms with Gasteiger partial charge in [0.2, 0.25) is 0 Å². The second-order valence-corrected chi connectivity index (χ2v) is 8.89. The minimum absolute atomic E-state index is 0.0125. The lowest BCUT2D eigenvalue weighted by molar-refractivity contribution is -0.137. The van der Waals surface area contributed by atoms with E-state index < -0.39 is 11.7 Å². The molecule has 0 unspecified atom stereocenters. The highest BCUT2D eigenvalue weighted by atomic mass is 35.5. The zero-order valence-corrected chi connectivity index (χ0v) is 18.0. The van der Waals surface area contributed by atoms with Crippen LogP contribution < -0.4 is 4.90 Å². The van der Waals surface area contributed by atoms with E-state index >= 15 is 0 Å². The van der Waals surface area contributed by atoms with Crippen LogP contribution in [0.25, 0.3) is 0 Å².